The fraction of sp³-hybridized carbons (Fsp3) is 0.667. The SMILES string of the molecule is CC(CN1C(=O)NC(C)(C)C1=O)C(N)=S. The molecule has 1 aliphatic rings. The number of hydrogen-bond donors (Lipinski definition) is 2. The molecule has 3 amide bonds. The van der Waals surface area contributed by atoms with Crippen LogP contribution >= 0.6 is 12.2 Å². The summed E-state index contributed by atoms with van der Waals surface area (Å²) in [7, 11) is 0. The average molecular weight is 229 g/mol. The number of imide groups is 1. The van der Waals surface area contributed by atoms with Crippen LogP contribution in [0.15, 0.2) is 0 Å². The third-order valence-corrected chi connectivity index (χ3v) is 2.79. The lowest BCUT2D eigenvalue weighted by Crippen LogP contribution is -2.41. The molecule has 1 atom stereocenters. The van der Waals surface area contributed by atoms with Crippen LogP contribution in [0, 0.1) is 5.92 Å². The molecule has 1 aliphatic heterocycles. The highest BCUT2D eigenvalue weighted by atomic mass is 32.1. The predicted molar refractivity (Wildman–Crippen MR) is 60.3 cm³/mol. The molecular weight excluding hydrogens is 214 g/mol. The first-order valence-corrected chi connectivity index (χ1v) is 5.10. The molecule has 3 N–H and O–H groups in total. The third-order valence-electron chi connectivity index (χ3n) is 2.39. The first-order valence-electron chi connectivity index (χ1n) is 4.69. The third kappa shape index (κ3) is 2.26. The molecule has 1 unspecified atom stereocenters. The van der Waals surface area contributed by atoms with Gasteiger partial charge < -0.3 is 11.1 Å². The molecular formula is C9H15N3O2S. The van der Waals surface area contributed by atoms with Gasteiger partial charge >= 0.3 is 6.03 Å². The van der Waals surface area contributed by atoms with Gasteiger partial charge in [-0.3, -0.25) is 9.69 Å². The highest BCUT2D eigenvalue weighted by Gasteiger charge is 2.44. The van der Waals surface area contributed by atoms with E-state index in [-0.39, 0.29) is 24.4 Å². The van der Waals surface area contributed by atoms with Crippen LogP contribution in [0.3, 0.4) is 0 Å². The average Bonchev–Trinajstić information content (AvgIpc) is 2.27. The second-order valence-corrected chi connectivity index (χ2v) is 4.75. The molecule has 0 aliphatic carbocycles. The smallest absolute Gasteiger partial charge is 0.325 e. The minimum atomic E-state index is -0.826. The van der Waals surface area contributed by atoms with Crippen LogP contribution < -0.4 is 11.1 Å². The summed E-state index contributed by atoms with van der Waals surface area (Å²) in [6.07, 6.45) is 0. The van der Waals surface area contributed by atoms with Gasteiger partial charge in [0.1, 0.15) is 5.54 Å². The molecule has 0 spiro atoms. The maximum Gasteiger partial charge on any atom is 0.325 e. The zero-order chi connectivity index (χ0) is 11.8. The Balaban J connectivity index is 2.76. The van der Waals surface area contributed by atoms with Gasteiger partial charge in [-0.2, -0.15) is 0 Å². The van der Waals surface area contributed by atoms with Crippen LogP contribution in [0.5, 0.6) is 0 Å². The fourth-order valence-electron chi connectivity index (χ4n) is 1.35. The van der Waals surface area contributed by atoms with E-state index >= 15 is 0 Å². The lowest BCUT2D eigenvalue weighted by molar-refractivity contribution is -0.130. The van der Waals surface area contributed by atoms with Gasteiger partial charge in [0.15, 0.2) is 0 Å². The molecule has 0 saturated carbocycles. The molecule has 0 bridgehead atoms. The van der Waals surface area contributed by atoms with Crippen molar-refractivity contribution >= 4 is 29.1 Å². The van der Waals surface area contributed by atoms with Gasteiger partial charge in [-0.15, -0.1) is 0 Å². The first-order chi connectivity index (χ1) is 6.75. The van der Waals surface area contributed by atoms with Gasteiger partial charge in [-0.05, 0) is 13.8 Å². The van der Waals surface area contributed by atoms with Crippen LogP contribution in [0.1, 0.15) is 20.8 Å². The Kier molecular flexibility index (Phi) is 2.99. The number of carbonyl (C=O) groups is 2. The van der Waals surface area contributed by atoms with E-state index in [9.17, 15) is 9.59 Å². The summed E-state index contributed by atoms with van der Waals surface area (Å²) in [5.74, 6) is -0.404. The van der Waals surface area contributed by atoms with Crippen LogP contribution in [0.4, 0.5) is 4.79 Å². The van der Waals surface area contributed by atoms with E-state index in [1.54, 1.807) is 20.8 Å². The zero-order valence-electron chi connectivity index (χ0n) is 9.03. The van der Waals surface area contributed by atoms with Crippen molar-refractivity contribution in [2.75, 3.05) is 6.54 Å². The number of nitrogens with two attached hydrogens (primary N) is 1. The van der Waals surface area contributed by atoms with Crippen molar-refractivity contribution in [2.24, 2.45) is 11.7 Å². The lowest BCUT2D eigenvalue weighted by atomic mass is 10.1. The molecule has 1 fully saturated rings. The van der Waals surface area contributed by atoms with Crippen molar-refractivity contribution in [3.63, 3.8) is 0 Å². The van der Waals surface area contributed by atoms with Crippen molar-refractivity contribution in [3.05, 3.63) is 0 Å². The minimum Gasteiger partial charge on any atom is -0.393 e. The quantitative estimate of drug-likeness (QED) is 0.537. The summed E-state index contributed by atoms with van der Waals surface area (Å²) < 4.78 is 0. The molecule has 1 saturated heterocycles. The van der Waals surface area contributed by atoms with Crippen molar-refractivity contribution < 1.29 is 9.59 Å². The monoisotopic (exact) mass is 229 g/mol. The lowest BCUT2D eigenvalue weighted by Gasteiger charge is -2.18. The summed E-state index contributed by atoms with van der Waals surface area (Å²) in [5.41, 5.74) is 4.61. The van der Waals surface area contributed by atoms with Gasteiger partial charge in [0, 0.05) is 12.5 Å². The van der Waals surface area contributed by atoms with E-state index in [0.29, 0.717) is 4.99 Å². The van der Waals surface area contributed by atoms with E-state index in [1.165, 1.54) is 0 Å². The van der Waals surface area contributed by atoms with E-state index in [0.717, 1.165) is 4.90 Å². The van der Waals surface area contributed by atoms with Crippen molar-refractivity contribution in [3.8, 4) is 0 Å². The van der Waals surface area contributed by atoms with Crippen LogP contribution in [0.25, 0.3) is 0 Å². The second kappa shape index (κ2) is 3.77. The topological polar surface area (TPSA) is 75.4 Å². The normalized spacial score (nSPS) is 21.4. The number of urea groups is 1. The van der Waals surface area contributed by atoms with Gasteiger partial charge in [0.25, 0.3) is 5.91 Å². The number of thiocarbonyl (C=S) groups is 1. The number of nitrogens with one attached hydrogen (secondary N) is 1. The van der Waals surface area contributed by atoms with Crippen LogP contribution in [-0.4, -0.2) is 33.9 Å². The fourth-order valence-corrected chi connectivity index (χ4v) is 1.42. The number of amides is 3. The minimum absolute atomic E-state index is 0.163. The Labute approximate surface area is 94.0 Å². The van der Waals surface area contributed by atoms with Gasteiger partial charge in [0.05, 0.1) is 4.99 Å². The first kappa shape index (κ1) is 11.9. The molecule has 0 aromatic carbocycles. The summed E-state index contributed by atoms with van der Waals surface area (Å²) in [4.78, 5) is 24.7. The Hall–Kier alpha value is -1.17. The standard InChI is InChI=1S/C9H15N3O2S/c1-5(6(10)15)4-12-7(13)9(2,3)11-8(12)14/h5H,4H2,1-3H3,(H2,10,15)(H,11,14). The summed E-state index contributed by atoms with van der Waals surface area (Å²) >= 11 is 4.80. The Morgan fingerprint density at radius 3 is 2.47 bits per heavy atom. The summed E-state index contributed by atoms with van der Waals surface area (Å²) in [6, 6.07) is -0.381. The van der Waals surface area contributed by atoms with Gasteiger partial charge in [0.2, 0.25) is 0 Å². The number of nitrogens with zero attached hydrogens (tertiary/aromatic N) is 1. The highest BCUT2D eigenvalue weighted by Crippen LogP contribution is 2.17. The summed E-state index contributed by atoms with van der Waals surface area (Å²) in [6.45, 7) is 5.36. The molecule has 0 aromatic heterocycles. The Morgan fingerprint density at radius 2 is 2.13 bits per heavy atom. The van der Waals surface area contributed by atoms with E-state index in [2.05, 4.69) is 5.32 Å². The molecule has 5 nitrogen and oxygen atoms in total. The molecule has 1 heterocycles. The molecule has 84 valence electrons. The molecule has 6 heteroatoms. The maximum atomic E-state index is 11.8. The van der Waals surface area contributed by atoms with Crippen LogP contribution in [0.2, 0.25) is 0 Å². The summed E-state index contributed by atoms with van der Waals surface area (Å²) in [5, 5.41) is 2.59. The molecule has 15 heavy (non-hydrogen) atoms. The number of rotatable bonds is 3. The van der Waals surface area contributed by atoms with Crippen molar-refractivity contribution in [1.82, 2.24) is 10.2 Å². The Morgan fingerprint density at radius 1 is 1.60 bits per heavy atom. The number of carbonyl (C=O) groups excluding carboxylic acids is 2. The Bertz CT molecular complexity index is 327. The molecule has 0 aromatic rings. The van der Waals surface area contributed by atoms with Crippen molar-refractivity contribution in [1.29, 1.82) is 0 Å². The second-order valence-electron chi connectivity index (χ2n) is 4.27. The molecule has 0 radical (unpaired) electrons. The van der Waals surface area contributed by atoms with E-state index in [1.807, 2.05) is 0 Å². The molecule has 1 rings (SSSR count). The predicted octanol–water partition coefficient (Wildman–Crippen LogP) is 0.239. The van der Waals surface area contributed by atoms with Gasteiger partial charge in [-0.1, -0.05) is 19.1 Å². The largest absolute Gasteiger partial charge is 0.393 e. The van der Waals surface area contributed by atoms with E-state index < -0.39 is 5.54 Å². The zero-order valence-corrected chi connectivity index (χ0v) is 9.85. The number of hydrogen-bond acceptors (Lipinski definition) is 3. The van der Waals surface area contributed by atoms with Crippen molar-refractivity contribution in [2.45, 2.75) is 26.3 Å². The van der Waals surface area contributed by atoms with E-state index in [4.69, 9.17) is 18.0 Å². The highest BCUT2D eigenvalue weighted by molar-refractivity contribution is 7.80. The maximum absolute atomic E-state index is 11.8. The van der Waals surface area contributed by atoms with Crippen LogP contribution in [-0.2, 0) is 4.79 Å². The van der Waals surface area contributed by atoms with Gasteiger partial charge in [-0.25, -0.2) is 4.79 Å².